The molecule has 0 aliphatic heterocycles. The summed E-state index contributed by atoms with van der Waals surface area (Å²) in [4.78, 5) is 4.61. The second-order valence-corrected chi connectivity index (χ2v) is 6.64. The van der Waals surface area contributed by atoms with E-state index in [1.165, 1.54) is 5.56 Å². The van der Waals surface area contributed by atoms with E-state index in [1.807, 2.05) is 6.07 Å². The van der Waals surface area contributed by atoms with Crippen molar-refractivity contribution in [3.05, 3.63) is 53.4 Å². The Morgan fingerprint density at radius 1 is 1.20 bits per heavy atom. The minimum absolute atomic E-state index is 0.332. The molecule has 2 rings (SSSR count). The quantitative estimate of drug-likeness (QED) is 0.564. The minimum atomic E-state index is 0.332. The van der Waals surface area contributed by atoms with Crippen molar-refractivity contribution in [2.75, 3.05) is 6.54 Å². The maximum Gasteiger partial charge on any atom is 0.191 e. The van der Waals surface area contributed by atoms with Gasteiger partial charge >= 0.3 is 0 Å². The molecule has 2 aromatic rings. The van der Waals surface area contributed by atoms with E-state index in [4.69, 9.17) is 4.52 Å². The summed E-state index contributed by atoms with van der Waals surface area (Å²) in [5, 5.41) is 10.8. The Kier molecular flexibility index (Phi) is 7.51. The van der Waals surface area contributed by atoms with Gasteiger partial charge in [0.25, 0.3) is 0 Å². The standard InChI is InChI=1S/C20H30N4O/c1-5-21-20(22-14-18-13-19(15(2)3)24-25-18)23-16(4)11-12-17-9-7-6-8-10-17/h6-10,13,15-16H,5,11-12,14H2,1-4H3,(H2,21,22,23). The average Bonchev–Trinajstić information content (AvgIpc) is 3.08. The number of guanidine groups is 1. The van der Waals surface area contributed by atoms with Gasteiger partial charge in [0.15, 0.2) is 11.7 Å². The van der Waals surface area contributed by atoms with Crippen LogP contribution in [-0.2, 0) is 13.0 Å². The highest BCUT2D eigenvalue weighted by atomic mass is 16.5. The molecule has 0 saturated carbocycles. The van der Waals surface area contributed by atoms with Crippen molar-refractivity contribution in [1.82, 2.24) is 15.8 Å². The van der Waals surface area contributed by atoms with Gasteiger partial charge in [0.1, 0.15) is 6.54 Å². The van der Waals surface area contributed by atoms with Gasteiger partial charge in [-0.2, -0.15) is 0 Å². The van der Waals surface area contributed by atoms with Crippen molar-refractivity contribution in [2.24, 2.45) is 4.99 Å². The van der Waals surface area contributed by atoms with Gasteiger partial charge in [-0.25, -0.2) is 4.99 Å². The summed E-state index contributed by atoms with van der Waals surface area (Å²) in [5.74, 6) is 1.97. The molecule has 1 atom stereocenters. The van der Waals surface area contributed by atoms with E-state index < -0.39 is 0 Å². The van der Waals surface area contributed by atoms with Gasteiger partial charge in [-0.1, -0.05) is 49.3 Å². The van der Waals surface area contributed by atoms with Gasteiger partial charge in [-0.05, 0) is 38.2 Å². The molecule has 1 unspecified atom stereocenters. The fourth-order valence-electron chi connectivity index (χ4n) is 2.49. The van der Waals surface area contributed by atoms with Gasteiger partial charge < -0.3 is 15.2 Å². The molecule has 0 fully saturated rings. The smallest absolute Gasteiger partial charge is 0.191 e. The minimum Gasteiger partial charge on any atom is -0.359 e. The van der Waals surface area contributed by atoms with Gasteiger partial charge in [-0.15, -0.1) is 0 Å². The average molecular weight is 342 g/mol. The number of aromatic nitrogens is 1. The monoisotopic (exact) mass is 342 g/mol. The molecule has 5 nitrogen and oxygen atoms in total. The number of aryl methyl sites for hydroxylation is 1. The third kappa shape index (κ3) is 6.61. The number of hydrogen-bond donors (Lipinski definition) is 2. The maximum atomic E-state index is 5.35. The molecular formula is C20H30N4O. The highest BCUT2D eigenvalue weighted by molar-refractivity contribution is 5.80. The van der Waals surface area contributed by atoms with Crippen LogP contribution in [0.5, 0.6) is 0 Å². The third-order valence-electron chi connectivity index (χ3n) is 4.00. The van der Waals surface area contributed by atoms with E-state index >= 15 is 0 Å². The number of rotatable bonds is 8. The van der Waals surface area contributed by atoms with Crippen molar-refractivity contribution in [3.8, 4) is 0 Å². The van der Waals surface area contributed by atoms with Crippen LogP contribution in [0, 0.1) is 0 Å². The molecule has 1 heterocycles. The first-order valence-electron chi connectivity index (χ1n) is 9.12. The zero-order valence-electron chi connectivity index (χ0n) is 15.7. The molecule has 5 heteroatoms. The highest BCUT2D eigenvalue weighted by Crippen LogP contribution is 2.14. The van der Waals surface area contributed by atoms with Crippen molar-refractivity contribution >= 4 is 5.96 Å². The summed E-state index contributed by atoms with van der Waals surface area (Å²) in [6, 6.07) is 12.9. The molecule has 1 aromatic carbocycles. The zero-order valence-corrected chi connectivity index (χ0v) is 15.7. The predicted octanol–water partition coefficient (Wildman–Crippen LogP) is 3.87. The van der Waals surface area contributed by atoms with Crippen molar-refractivity contribution in [2.45, 2.75) is 59.0 Å². The largest absolute Gasteiger partial charge is 0.359 e. The Labute approximate surface area is 150 Å². The summed E-state index contributed by atoms with van der Waals surface area (Å²) >= 11 is 0. The third-order valence-corrected chi connectivity index (χ3v) is 4.00. The number of hydrogen-bond acceptors (Lipinski definition) is 3. The molecule has 0 saturated heterocycles. The normalized spacial score (nSPS) is 13.1. The second kappa shape index (κ2) is 9.87. The highest BCUT2D eigenvalue weighted by Gasteiger charge is 2.09. The molecule has 0 aliphatic rings. The number of nitrogens with zero attached hydrogens (tertiary/aromatic N) is 2. The van der Waals surface area contributed by atoms with E-state index in [0.29, 0.717) is 18.5 Å². The van der Waals surface area contributed by atoms with Crippen LogP contribution < -0.4 is 10.6 Å². The van der Waals surface area contributed by atoms with Crippen LogP contribution in [0.4, 0.5) is 0 Å². The van der Waals surface area contributed by atoms with Crippen molar-refractivity contribution < 1.29 is 4.52 Å². The molecule has 25 heavy (non-hydrogen) atoms. The molecular weight excluding hydrogens is 312 g/mol. The SMILES string of the molecule is CCNC(=NCc1cc(C(C)C)no1)NC(C)CCc1ccccc1. The Balaban J connectivity index is 1.87. The summed E-state index contributed by atoms with van der Waals surface area (Å²) in [7, 11) is 0. The molecule has 0 bridgehead atoms. The second-order valence-electron chi connectivity index (χ2n) is 6.64. The Morgan fingerprint density at radius 3 is 2.60 bits per heavy atom. The topological polar surface area (TPSA) is 62.5 Å². The summed E-state index contributed by atoms with van der Waals surface area (Å²) in [6.45, 7) is 9.76. The van der Waals surface area contributed by atoms with E-state index in [9.17, 15) is 0 Å². The van der Waals surface area contributed by atoms with Gasteiger partial charge in [0.05, 0.1) is 5.69 Å². The van der Waals surface area contributed by atoms with E-state index in [0.717, 1.165) is 36.8 Å². The number of nitrogens with one attached hydrogen (secondary N) is 2. The fourth-order valence-corrected chi connectivity index (χ4v) is 2.49. The van der Waals surface area contributed by atoms with Crippen LogP contribution in [-0.4, -0.2) is 23.7 Å². The first-order chi connectivity index (χ1) is 12.1. The van der Waals surface area contributed by atoms with Crippen LogP contribution in [0.1, 0.15) is 57.1 Å². The van der Waals surface area contributed by atoms with E-state index in [2.05, 4.69) is 78.8 Å². The fraction of sp³-hybridized carbons (Fsp3) is 0.500. The first kappa shape index (κ1) is 19.0. The van der Waals surface area contributed by atoms with E-state index in [-0.39, 0.29) is 0 Å². The number of benzene rings is 1. The lowest BCUT2D eigenvalue weighted by molar-refractivity contribution is 0.376. The Morgan fingerprint density at radius 2 is 1.96 bits per heavy atom. The summed E-state index contributed by atoms with van der Waals surface area (Å²) in [5.41, 5.74) is 2.33. The van der Waals surface area contributed by atoms with Gasteiger partial charge in [0.2, 0.25) is 0 Å². The molecule has 0 aliphatic carbocycles. The van der Waals surface area contributed by atoms with Crippen LogP contribution >= 0.6 is 0 Å². The van der Waals surface area contributed by atoms with Crippen LogP contribution in [0.15, 0.2) is 45.9 Å². The molecule has 0 spiro atoms. The lowest BCUT2D eigenvalue weighted by Gasteiger charge is -2.17. The van der Waals surface area contributed by atoms with Crippen LogP contribution in [0.3, 0.4) is 0 Å². The maximum absolute atomic E-state index is 5.35. The lowest BCUT2D eigenvalue weighted by Crippen LogP contribution is -2.42. The lowest BCUT2D eigenvalue weighted by atomic mass is 10.1. The summed E-state index contributed by atoms with van der Waals surface area (Å²) < 4.78 is 5.35. The van der Waals surface area contributed by atoms with Gasteiger partial charge in [-0.3, -0.25) is 0 Å². The van der Waals surface area contributed by atoms with Crippen molar-refractivity contribution in [3.63, 3.8) is 0 Å². The molecule has 0 radical (unpaired) electrons. The Hall–Kier alpha value is -2.30. The first-order valence-corrected chi connectivity index (χ1v) is 9.12. The molecule has 0 amide bonds. The number of aliphatic imine (C=N–C) groups is 1. The molecule has 136 valence electrons. The molecule has 2 N–H and O–H groups in total. The summed E-state index contributed by atoms with van der Waals surface area (Å²) in [6.07, 6.45) is 2.10. The zero-order chi connectivity index (χ0) is 18.1. The van der Waals surface area contributed by atoms with E-state index in [1.54, 1.807) is 0 Å². The predicted molar refractivity (Wildman–Crippen MR) is 103 cm³/mol. The van der Waals surface area contributed by atoms with Gasteiger partial charge in [0, 0.05) is 18.7 Å². The Bertz CT molecular complexity index is 649. The van der Waals surface area contributed by atoms with Crippen LogP contribution in [0.25, 0.3) is 0 Å². The van der Waals surface area contributed by atoms with Crippen molar-refractivity contribution in [1.29, 1.82) is 0 Å². The molecule has 1 aromatic heterocycles. The van der Waals surface area contributed by atoms with Crippen LogP contribution in [0.2, 0.25) is 0 Å².